The second-order valence-electron chi connectivity index (χ2n) is 13.7. The van der Waals surface area contributed by atoms with Crippen LogP contribution in [-0.2, 0) is 41.5 Å². The number of nitrogens with one attached hydrogen (secondary N) is 2. The normalized spacial score (nSPS) is 14.7. The SMILES string of the molecule is CCCCCn1cc2c(C3C(=O)Nc4ccc(C(F)(F)F)cc43)nc(Cl)nc2n1.CCCCCn1cc2c(Cl)nc(Cl)nc2n1.O=C1Cc2cc(C(F)(F)F)ccc2N1. The van der Waals surface area contributed by atoms with Crippen molar-refractivity contribution in [3.8, 4) is 0 Å². The number of alkyl halides is 6. The first-order valence-electron chi connectivity index (χ1n) is 18.4. The van der Waals surface area contributed by atoms with E-state index in [0.29, 0.717) is 45.3 Å². The van der Waals surface area contributed by atoms with Gasteiger partial charge in [0.25, 0.3) is 0 Å². The van der Waals surface area contributed by atoms with E-state index in [0.717, 1.165) is 61.9 Å². The van der Waals surface area contributed by atoms with Gasteiger partial charge in [0, 0.05) is 36.9 Å². The quantitative estimate of drug-likeness (QED) is 0.0632. The zero-order valence-electron chi connectivity index (χ0n) is 31.4. The van der Waals surface area contributed by atoms with Crippen molar-refractivity contribution in [1.29, 1.82) is 0 Å². The number of hydrogen-bond acceptors (Lipinski definition) is 8. The number of fused-ring (bicyclic) bond motifs is 4. The lowest BCUT2D eigenvalue weighted by Gasteiger charge is -2.12. The lowest BCUT2D eigenvalue weighted by Crippen LogP contribution is -2.15. The number of carbonyl (C=O) groups excluding carboxylic acids is 2. The Morgan fingerprint density at radius 3 is 1.83 bits per heavy atom. The van der Waals surface area contributed by atoms with E-state index >= 15 is 0 Å². The van der Waals surface area contributed by atoms with E-state index in [4.69, 9.17) is 34.8 Å². The van der Waals surface area contributed by atoms with Gasteiger partial charge in [-0.25, -0.2) is 9.97 Å². The van der Waals surface area contributed by atoms with Gasteiger partial charge in [0.15, 0.2) is 11.3 Å². The minimum Gasteiger partial charge on any atom is -0.326 e. The molecule has 8 rings (SSSR count). The van der Waals surface area contributed by atoms with Crippen molar-refractivity contribution in [2.24, 2.45) is 0 Å². The first-order valence-corrected chi connectivity index (χ1v) is 19.6. The average molecular weight is 884 g/mol. The molecule has 2 aliphatic heterocycles. The standard InChI is InChI=1S/C19H17ClF3N5O.C10H12Cl2N4.C9H6F3NO/c1-2-3-4-7-28-9-12-15(25-18(20)26-16(12)27-28)14-11-8-10(19(21,22)23)5-6-13(11)24-17(14)29;1-2-3-4-5-16-6-7-8(11)13-10(12)14-9(7)15-16;10-9(11,12)6-1-2-7-5(3-6)4-8(14)13-7/h5-6,8-9,14H,2-4,7H2,1H3,(H,24,29);6H,2-5H2,1H3;1-3H,4H2,(H,13,14). The molecule has 2 amide bonds. The molecule has 2 aliphatic rings. The van der Waals surface area contributed by atoms with Crippen LogP contribution in [0.3, 0.4) is 0 Å². The molecule has 59 heavy (non-hydrogen) atoms. The summed E-state index contributed by atoms with van der Waals surface area (Å²) < 4.78 is 79.8. The van der Waals surface area contributed by atoms with Gasteiger partial charge in [0.1, 0.15) is 11.1 Å². The summed E-state index contributed by atoms with van der Waals surface area (Å²) in [5, 5.41) is 15.4. The third kappa shape index (κ3) is 10.4. The molecule has 21 heteroatoms. The van der Waals surface area contributed by atoms with Crippen LogP contribution in [0.2, 0.25) is 15.7 Å². The molecule has 4 aromatic heterocycles. The predicted molar refractivity (Wildman–Crippen MR) is 210 cm³/mol. The highest BCUT2D eigenvalue weighted by atomic mass is 35.5. The van der Waals surface area contributed by atoms with Crippen molar-refractivity contribution in [3.05, 3.63) is 92.5 Å². The number of rotatable bonds is 9. The van der Waals surface area contributed by atoms with Crippen LogP contribution in [-0.4, -0.2) is 51.3 Å². The molecule has 12 nitrogen and oxygen atoms in total. The largest absolute Gasteiger partial charge is 0.416 e. The van der Waals surface area contributed by atoms with Crippen molar-refractivity contribution in [3.63, 3.8) is 0 Å². The molecular weight excluding hydrogens is 849 g/mol. The molecule has 312 valence electrons. The summed E-state index contributed by atoms with van der Waals surface area (Å²) in [6.07, 6.45) is 1.23. The third-order valence-corrected chi connectivity index (χ3v) is 9.93. The Hall–Kier alpha value is -5.07. The van der Waals surface area contributed by atoms with Gasteiger partial charge in [-0.05, 0) is 83.6 Å². The number of hydrogen-bond donors (Lipinski definition) is 2. The minimum absolute atomic E-state index is 0.0270. The fourth-order valence-corrected chi connectivity index (χ4v) is 7.04. The molecule has 0 spiro atoms. The van der Waals surface area contributed by atoms with Crippen molar-refractivity contribution in [2.75, 3.05) is 10.6 Å². The van der Waals surface area contributed by atoms with Crippen LogP contribution in [0.5, 0.6) is 0 Å². The second kappa shape index (κ2) is 18.0. The van der Waals surface area contributed by atoms with Gasteiger partial charge in [-0.3, -0.25) is 19.0 Å². The summed E-state index contributed by atoms with van der Waals surface area (Å²) in [6, 6.07) is 6.42. The Balaban J connectivity index is 0.000000164. The van der Waals surface area contributed by atoms with Gasteiger partial charge < -0.3 is 10.6 Å². The highest BCUT2D eigenvalue weighted by Crippen LogP contribution is 2.42. The molecule has 6 heterocycles. The monoisotopic (exact) mass is 882 g/mol. The van der Waals surface area contributed by atoms with E-state index in [2.05, 4.69) is 54.6 Å². The van der Waals surface area contributed by atoms with Gasteiger partial charge >= 0.3 is 12.4 Å². The summed E-state index contributed by atoms with van der Waals surface area (Å²) in [5.41, 5.74) is 0.986. The lowest BCUT2D eigenvalue weighted by molar-refractivity contribution is -0.138. The molecule has 0 saturated heterocycles. The maximum atomic E-state index is 13.2. The van der Waals surface area contributed by atoms with Crippen LogP contribution < -0.4 is 10.6 Å². The van der Waals surface area contributed by atoms with E-state index in [1.54, 1.807) is 10.9 Å². The van der Waals surface area contributed by atoms with Crippen molar-refractivity contribution < 1.29 is 35.9 Å². The zero-order chi connectivity index (χ0) is 42.6. The van der Waals surface area contributed by atoms with Gasteiger partial charge in [-0.15, -0.1) is 0 Å². The first kappa shape index (κ1) is 43.5. The predicted octanol–water partition coefficient (Wildman–Crippen LogP) is 10.3. The van der Waals surface area contributed by atoms with Gasteiger partial charge in [-0.2, -0.15) is 46.5 Å². The summed E-state index contributed by atoms with van der Waals surface area (Å²) in [6.45, 7) is 5.79. The average Bonchev–Trinajstić information content (AvgIpc) is 3.93. The zero-order valence-corrected chi connectivity index (χ0v) is 33.6. The Kier molecular flexibility index (Phi) is 13.3. The molecule has 2 N–H and O–H groups in total. The first-order chi connectivity index (χ1) is 27.9. The molecule has 2 aromatic carbocycles. The Morgan fingerprint density at radius 2 is 1.24 bits per heavy atom. The molecule has 0 bridgehead atoms. The molecule has 1 atom stereocenters. The van der Waals surface area contributed by atoms with Crippen LogP contribution in [0.25, 0.3) is 22.1 Å². The van der Waals surface area contributed by atoms with E-state index < -0.39 is 35.3 Å². The number of unbranched alkanes of at least 4 members (excludes halogenated alkanes) is 4. The van der Waals surface area contributed by atoms with Gasteiger partial charge in [-0.1, -0.05) is 51.1 Å². The molecule has 6 aromatic rings. The number of amides is 2. The summed E-state index contributed by atoms with van der Waals surface area (Å²) in [7, 11) is 0. The van der Waals surface area contributed by atoms with Crippen LogP contribution in [0.15, 0.2) is 48.8 Å². The van der Waals surface area contributed by atoms with Crippen LogP contribution in [0.1, 0.15) is 86.2 Å². The van der Waals surface area contributed by atoms with Crippen molar-refractivity contribution in [1.82, 2.24) is 39.5 Å². The molecular formula is C38H35Cl3F6N10O2. The number of halogens is 9. The van der Waals surface area contributed by atoms with E-state index in [9.17, 15) is 35.9 Å². The lowest BCUT2D eigenvalue weighted by atomic mass is 9.94. The summed E-state index contributed by atoms with van der Waals surface area (Å²) in [4.78, 5) is 39.7. The highest BCUT2D eigenvalue weighted by Gasteiger charge is 2.39. The smallest absolute Gasteiger partial charge is 0.326 e. The fraction of sp³-hybridized carbons (Fsp3) is 0.368. The number of nitrogens with zero attached hydrogens (tertiary/aromatic N) is 8. The van der Waals surface area contributed by atoms with Crippen molar-refractivity contribution in [2.45, 2.75) is 90.2 Å². The number of aryl methyl sites for hydroxylation is 2. The maximum Gasteiger partial charge on any atom is 0.416 e. The molecule has 1 unspecified atom stereocenters. The maximum absolute atomic E-state index is 13.2. The summed E-state index contributed by atoms with van der Waals surface area (Å²) >= 11 is 17.7. The summed E-state index contributed by atoms with van der Waals surface area (Å²) in [5.74, 6) is -1.75. The molecule has 0 aliphatic carbocycles. The molecule has 0 radical (unpaired) electrons. The number of benzene rings is 2. The Labute approximate surface area is 347 Å². The van der Waals surface area contributed by atoms with Gasteiger partial charge in [0.2, 0.25) is 22.4 Å². The number of anilines is 2. The topological polar surface area (TPSA) is 145 Å². The van der Waals surface area contributed by atoms with Gasteiger partial charge in [0.05, 0.1) is 34.0 Å². The highest BCUT2D eigenvalue weighted by molar-refractivity contribution is 6.35. The van der Waals surface area contributed by atoms with E-state index in [-0.39, 0.29) is 34.2 Å². The fourth-order valence-electron chi connectivity index (χ4n) is 6.45. The second-order valence-corrected chi connectivity index (χ2v) is 14.7. The third-order valence-electron chi connectivity index (χ3n) is 9.30. The van der Waals surface area contributed by atoms with Crippen LogP contribution in [0.4, 0.5) is 37.7 Å². The van der Waals surface area contributed by atoms with Crippen molar-refractivity contribution >= 4 is 80.1 Å². The Bertz CT molecular complexity index is 2510. The minimum atomic E-state index is -4.52. The molecule has 0 fully saturated rings. The van der Waals surface area contributed by atoms with E-state index in [1.807, 2.05) is 10.9 Å². The van der Waals surface area contributed by atoms with E-state index in [1.165, 1.54) is 25.0 Å². The number of aromatic nitrogens is 8. The Morgan fingerprint density at radius 1 is 0.695 bits per heavy atom. The molecule has 0 saturated carbocycles. The van der Waals surface area contributed by atoms with Crippen LogP contribution >= 0.6 is 34.8 Å². The van der Waals surface area contributed by atoms with Crippen LogP contribution in [0, 0.1) is 0 Å². The number of carbonyl (C=O) groups is 2.